The Balaban J connectivity index is 2.64. The van der Waals surface area contributed by atoms with Crippen LogP contribution in [0.5, 0.6) is 0 Å². The summed E-state index contributed by atoms with van der Waals surface area (Å²) in [6.45, 7) is 2.15. The lowest BCUT2D eigenvalue weighted by Gasteiger charge is -1.95. The van der Waals surface area contributed by atoms with Gasteiger partial charge >= 0.3 is 5.97 Å². The number of carbonyl (C=O) groups is 1. The highest BCUT2D eigenvalue weighted by molar-refractivity contribution is 9.10. The van der Waals surface area contributed by atoms with E-state index in [0.29, 0.717) is 12.3 Å². The second kappa shape index (κ2) is 5.54. The van der Waals surface area contributed by atoms with E-state index in [9.17, 15) is 4.79 Å². The largest absolute Gasteiger partial charge is 0.463 e. The first-order valence-corrected chi connectivity index (χ1v) is 4.99. The number of esters is 1. The summed E-state index contributed by atoms with van der Waals surface area (Å²) >= 11 is 3.24. The fraction of sp³-hybridized carbons (Fsp3) is 0.200. The predicted octanol–water partition coefficient (Wildman–Crippen LogP) is 2.42. The molecule has 0 fully saturated rings. The molecule has 1 aromatic heterocycles. The van der Waals surface area contributed by atoms with Crippen molar-refractivity contribution in [3.05, 3.63) is 34.6 Å². The third kappa shape index (κ3) is 3.70. The summed E-state index contributed by atoms with van der Waals surface area (Å²) < 4.78 is 5.47. The molecule has 1 heterocycles. The third-order valence-corrected chi connectivity index (χ3v) is 1.86. The fourth-order valence-corrected chi connectivity index (χ4v) is 1.22. The van der Waals surface area contributed by atoms with Crippen LogP contribution in [0.25, 0.3) is 6.08 Å². The molecule has 3 nitrogen and oxygen atoms in total. The zero-order valence-electron chi connectivity index (χ0n) is 7.74. The maximum Gasteiger partial charge on any atom is 0.330 e. The van der Waals surface area contributed by atoms with Crippen molar-refractivity contribution in [1.29, 1.82) is 0 Å². The first-order chi connectivity index (χ1) is 6.72. The zero-order chi connectivity index (χ0) is 10.4. The van der Waals surface area contributed by atoms with Crippen LogP contribution in [0, 0.1) is 0 Å². The molecule has 74 valence electrons. The van der Waals surface area contributed by atoms with Gasteiger partial charge in [0, 0.05) is 6.08 Å². The van der Waals surface area contributed by atoms with Crippen LogP contribution in [-0.2, 0) is 9.53 Å². The predicted molar refractivity (Wildman–Crippen MR) is 57.6 cm³/mol. The normalized spacial score (nSPS) is 10.4. The number of ether oxygens (including phenoxy) is 1. The summed E-state index contributed by atoms with van der Waals surface area (Å²) in [5.41, 5.74) is 0.715. The van der Waals surface area contributed by atoms with Gasteiger partial charge < -0.3 is 4.74 Å². The number of rotatable bonds is 3. The molecule has 0 aliphatic rings. The maximum atomic E-state index is 11.0. The van der Waals surface area contributed by atoms with Gasteiger partial charge in [0.25, 0.3) is 0 Å². The molecule has 14 heavy (non-hydrogen) atoms. The fourth-order valence-electron chi connectivity index (χ4n) is 0.861. The van der Waals surface area contributed by atoms with E-state index in [1.54, 1.807) is 19.1 Å². The lowest BCUT2D eigenvalue weighted by Crippen LogP contribution is -1.98. The molecule has 0 aliphatic carbocycles. The molecule has 0 saturated heterocycles. The third-order valence-electron chi connectivity index (χ3n) is 1.41. The Labute approximate surface area is 90.9 Å². The molecule has 0 saturated carbocycles. The number of carbonyl (C=O) groups excluding carboxylic acids is 1. The Kier molecular flexibility index (Phi) is 4.32. The number of nitrogens with zero attached hydrogens (tertiary/aromatic N) is 1. The SMILES string of the molecule is CCOC(=O)/C=C/c1cccc(Br)n1. The van der Waals surface area contributed by atoms with Crippen LogP contribution in [0.2, 0.25) is 0 Å². The van der Waals surface area contributed by atoms with Crippen LogP contribution < -0.4 is 0 Å². The molecule has 0 amide bonds. The number of hydrogen-bond donors (Lipinski definition) is 0. The van der Waals surface area contributed by atoms with E-state index in [-0.39, 0.29) is 5.97 Å². The van der Waals surface area contributed by atoms with Crippen molar-refractivity contribution in [3.8, 4) is 0 Å². The summed E-state index contributed by atoms with van der Waals surface area (Å²) in [5.74, 6) is -0.353. The van der Waals surface area contributed by atoms with Crippen LogP contribution in [0.3, 0.4) is 0 Å². The minimum atomic E-state index is -0.353. The van der Waals surface area contributed by atoms with Gasteiger partial charge in [-0.05, 0) is 41.1 Å². The number of pyridine rings is 1. The summed E-state index contributed by atoms with van der Waals surface area (Å²) in [6, 6.07) is 5.48. The first-order valence-electron chi connectivity index (χ1n) is 4.19. The first kappa shape index (κ1) is 10.9. The van der Waals surface area contributed by atoms with Gasteiger partial charge in [-0.1, -0.05) is 6.07 Å². The van der Waals surface area contributed by atoms with Crippen LogP contribution in [0.4, 0.5) is 0 Å². The molecule has 4 heteroatoms. The lowest BCUT2D eigenvalue weighted by atomic mass is 10.3. The molecule has 0 aromatic carbocycles. The molecular formula is C10H10BrNO2. The average molecular weight is 256 g/mol. The zero-order valence-corrected chi connectivity index (χ0v) is 9.32. The topological polar surface area (TPSA) is 39.2 Å². The van der Waals surface area contributed by atoms with Crippen molar-refractivity contribution in [2.24, 2.45) is 0 Å². The van der Waals surface area contributed by atoms with E-state index in [2.05, 4.69) is 20.9 Å². The van der Waals surface area contributed by atoms with E-state index in [0.717, 1.165) is 4.60 Å². The van der Waals surface area contributed by atoms with Crippen molar-refractivity contribution in [1.82, 2.24) is 4.98 Å². The van der Waals surface area contributed by atoms with Gasteiger partial charge in [-0.2, -0.15) is 0 Å². The van der Waals surface area contributed by atoms with Gasteiger partial charge in [-0.15, -0.1) is 0 Å². The van der Waals surface area contributed by atoms with E-state index in [4.69, 9.17) is 4.74 Å². The second-order valence-electron chi connectivity index (χ2n) is 2.47. The smallest absolute Gasteiger partial charge is 0.330 e. The summed E-state index contributed by atoms with van der Waals surface area (Å²) in [5, 5.41) is 0. The van der Waals surface area contributed by atoms with Gasteiger partial charge in [0.05, 0.1) is 12.3 Å². The molecule has 0 bridgehead atoms. The van der Waals surface area contributed by atoms with Crippen molar-refractivity contribution in [3.63, 3.8) is 0 Å². The molecule has 1 aromatic rings. The Bertz CT molecular complexity index is 350. The minimum Gasteiger partial charge on any atom is -0.463 e. The van der Waals surface area contributed by atoms with Gasteiger partial charge in [0.1, 0.15) is 4.60 Å². The average Bonchev–Trinajstić information content (AvgIpc) is 2.15. The highest BCUT2D eigenvalue weighted by Gasteiger charge is 1.94. The molecule has 0 spiro atoms. The van der Waals surface area contributed by atoms with Gasteiger partial charge in [0.2, 0.25) is 0 Å². The van der Waals surface area contributed by atoms with Crippen LogP contribution in [0.15, 0.2) is 28.9 Å². The number of aromatic nitrogens is 1. The Morgan fingerprint density at radius 2 is 2.43 bits per heavy atom. The Hall–Kier alpha value is -1.16. The number of hydrogen-bond acceptors (Lipinski definition) is 3. The van der Waals surface area contributed by atoms with Crippen molar-refractivity contribution in [2.75, 3.05) is 6.61 Å². The van der Waals surface area contributed by atoms with Crippen molar-refractivity contribution < 1.29 is 9.53 Å². The molecule has 0 unspecified atom stereocenters. The monoisotopic (exact) mass is 255 g/mol. The van der Waals surface area contributed by atoms with Crippen molar-refractivity contribution in [2.45, 2.75) is 6.92 Å². The lowest BCUT2D eigenvalue weighted by molar-refractivity contribution is -0.137. The molecule has 0 aliphatic heterocycles. The number of halogens is 1. The van der Waals surface area contributed by atoms with Crippen LogP contribution >= 0.6 is 15.9 Å². The van der Waals surface area contributed by atoms with E-state index >= 15 is 0 Å². The van der Waals surface area contributed by atoms with Gasteiger partial charge in [0.15, 0.2) is 0 Å². The quantitative estimate of drug-likeness (QED) is 0.473. The summed E-state index contributed by atoms with van der Waals surface area (Å²) in [4.78, 5) is 15.1. The summed E-state index contributed by atoms with van der Waals surface area (Å²) in [6.07, 6.45) is 2.97. The highest BCUT2D eigenvalue weighted by atomic mass is 79.9. The van der Waals surface area contributed by atoms with E-state index in [1.807, 2.05) is 12.1 Å². The molecular weight excluding hydrogens is 246 g/mol. The Morgan fingerprint density at radius 1 is 1.64 bits per heavy atom. The molecule has 0 atom stereocenters. The molecule has 0 radical (unpaired) electrons. The maximum absolute atomic E-state index is 11.0. The minimum absolute atomic E-state index is 0.353. The van der Waals surface area contributed by atoms with Gasteiger partial charge in [-0.3, -0.25) is 0 Å². The molecule has 1 rings (SSSR count). The highest BCUT2D eigenvalue weighted by Crippen LogP contribution is 2.07. The summed E-state index contributed by atoms with van der Waals surface area (Å²) in [7, 11) is 0. The second-order valence-corrected chi connectivity index (χ2v) is 3.28. The van der Waals surface area contributed by atoms with Crippen molar-refractivity contribution >= 4 is 28.0 Å². The van der Waals surface area contributed by atoms with E-state index < -0.39 is 0 Å². The molecule has 0 N–H and O–H groups in total. The van der Waals surface area contributed by atoms with Crippen LogP contribution in [-0.4, -0.2) is 17.6 Å². The standard InChI is InChI=1S/C10H10BrNO2/c1-2-14-10(13)7-6-8-4-3-5-9(11)12-8/h3-7H,2H2,1H3/b7-6+. The van der Waals surface area contributed by atoms with E-state index in [1.165, 1.54) is 6.08 Å². The Morgan fingerprint density at radius 3 is 3.07 bits per heavy atom. The van der Waals surface area contributed by atoms with Gasteiger partial charge in [-0.25, -0.2) is 9.78 Å². The van der Waals surface area contributed by atoms with Crippen LogP contribution in [0.1, 0.15) is 12.6 Å².